The molecule has 6 heteroatoms. The predicted molar refractivity (Wildman–Crippen MR) is 72.7 cm³/mol. The first kappa shape index (κ1) is 12.8. The summed E-state index contributed by atoms with van der Waals surface area (Å²) in [5, 5.41) is 15.7. The van der Waals surface area contributed by atoms with E-state index in [1.165, 1.54) is 0 Å². The SMILES string of the molecule is CC1CN(Cc2noc(-c3cccs3)n2)CCC1O. The molecule has 2 aromatic heterocycles. The van der Waals surface area contributed by atoms with Crippen molar-refractivity contribution in [2.24, 2.45) is 5.92 Å². The maximum absolute atomic E-state index is 9.72. The third-order valence-corrected chi connectivity index (χ3v) is 4.37. The summed E-state index contributed by atoms with van der Waals surface area (Å²) in [6, 6.07) is 3.94. The maximum atomic E-state index is 9.72. The molecule has 0 bridgehead atoms. The van der Waals surface area contributed by atoms with Crippen molar-refractivity contribution in [3.8, 4) is 10.8 Å². The van der Waals surface area contributed by atoms with Crippen LogP contribution < -0.4 is 0 Å². The highest BCUT2D eigenvalue weighted by atomic mass is 32.1. The van der Waals surface area contributed by atoms with Gasteiger partial charge in [0.25, 0.3) is 5.89 Å². The molecule has 1 fully saturated rings. The van der Waals surface area contributed by atoms with E-state index in [9.17, 15) is 5.11 Å². The molecule has 0 amide bonds. The Morgan fingerprint density at radius 3 is 3.21 bits per heavy atom. The fourth-order valence-electron chi connectivity index (χ4n) is 2.38. The molecule has 1 N–H and O–H groups in total. The highest BCUT2D eigenvalue weighted by Crippen LogP contribution is 2.23. The minimum Gasteiger partial charge on any atom is -0.393 e. The molecule has 3 heterocycles. The lowest BCUT2D eigenvalue weighted by Gasteiger charge is -2.33. The topological polar surface area (TPSA) is 62.4 Å². The van der Waals surface area contributed by atoms with Gasteiger partial charge in [0, 0.05) is 13.1 Å². The van der Waals surface area contributed by atoms with E-state index in [1.54, 1.807) is 11.3 Å². The number of likely N-dealkylation sites (tertiary alicyclic amines) is 1. The lowest BCUT2D eigenvalue weighted by atomic mass is 9.97. The molecule has 2 aromatic rings. The van der Waals surface area contributed by atoms with Crippen LogP contribution in [0.25, 0.3) is 10.8 Å². The van der Waals surface area contributed by atoms with Gasteiger partial charge in [0.1, 0.15) is 0 Å². The van der Waals surface area contributed by atoms with Crippen molar-refractivity contribution in [2.75, 3.05) is 13.1 Å². The van der Waals surface area contributed by atoms with Crippen LogP contribution >= 0.6 is 11.3 Å². The molecule has 102 valence electrons. The number of rotatable bonds is 3. The fraction of sp³-hybridized carbons (Fsp3) is 0.538. The first-order chi connectivity index (χ1) is 9.22. The second kappa shape index (κ2) is 5.40. The number of hydrogen-bond acceptors (Lipinski definition) is 6. The van der Waals surface area contributed by atoms with E-state index in [1.807, 2.05) is 17.5 Å². The van der Waals surface area contributed by atoms with Crippen molar-refractivity contribution < 1.29 is 9.63 Å². The monoisotopic (exact) mass is 279 g/mol. The molecule has 19 heavy (non-hydrogen) atoms. The van der Waals surface area contributed by atoms with E-state index in [-0.39, 0.29) is 6.10 Å². The molecule has 0 aliphatic carbocycles. The summed E-state index contributed by atoms with van der Waals surface area (Å²) < 4.78 is 5.27. The zero-order valence-corrected chi connectivity index (χ0v) is 11.6. The average molecular weight is 279 g/mol. The smallest absolute Gasteiger partial charge is 0.268 e. The number of nitrogens with zero attached hydrogens (tertiary/aromatic N) is 3. The third kappa shape index (κ3) is 2.86. The van der Waals surface area contributed by atoms with E-state index >= 15 is 0 Å². The predicted octanol–water partition coefficient (Wildman–Crippen LogP) is 2.00. The van der Waals surface area contributed by atoms with Crippen molar-refractivity contribution in [1.29, 1.82) is 0 Å². The van der Waals surface area contributed by atoms with Gasteiger partial charge in [-0.25, -0.2) is 0 Å². The van der Waals surface area contributed by atoms with Gasteiger partial charge in [-0.2, -0.15) is 4.98 Å². The van der Waals surface area contributed by atoms with Crippen LogP contribution in [0, 0.1) is 5.92 Å². The molecule has 2 atom stereocenters. The zero-order chi connectivity index (χ0) is 13.2. The molecule has 1 aliphatic rings. The normalized spacial score (nSPS) is 24.7. The number of aliphatic hydroxyl groups is 1. The molecule has 1 aliphatic heterocycles. The van der Waals surface area contributed by atoms with Crippen LogP contribution in [0.1, 0.15) is 19.2 Å². The minimum absolute atomic E-state index is 0.178. The van der Waals surface area contributed by atoms with Crippen LogP contribution in [-0.2, 0) is 6.54 Å². The lowest BCUT2D eigenvalue weighted by Crippen LogP contribution is -2.41. The van der Waals surface area contributed by atoms with Crippen molar-refractivity contribution in [3.05, 3.63) is 23.3 Å². The Bertz CT molecular complexity index is 526. The van der Waals surface area contributed by atoms with Gasteiger partial charge < -0.3 is 9.63 Å². The fourth-order valence-corrected chi connectivity index (χ4v) is 3.03. The Kier molecular flexibility index (Phi) is 3.63. The molecule has 0 saturated carbocycles. The highest BCUT2D eigenvalue weighted by molar-refractivity contribution is 7.13. The quantitative estimate of drug-likeness (QED) is 0.931. The van der Waals surface area contributed by atoms with Crippen LogP contribution in [0.2, 0.25) is 0 Å². The van der Waals surface area contributed by atoms with Crippen LogP contribution in [0.3, 0.4) is 0 Å². The van der Waals surface area contributed by atoms with Crippen LogP contribution in [-0.4, -0.2) is 39.3 Å². The molecule has 3 rings (SSSR count). The molecule has 5 nitrogen and oxygen atoms in total. The summed E-state index contributed by atoms with van der Waals surface area (Å²) in [4.78, 5) is 7.68. The summed E-state index contributed by atoms with van der Waals surface area (Å²) in [6.07, 6.45) is 0.639. The summed E-state index contributed by atoms with van der Waals surface area (Å²) in [6.45, 7) is 4.52. The van der Waals surface area contributed by atoms with Crippen LogP contribution in [0.15, 0.2) is 22.0 Å². The third-order valence-electron chi connectivity index (χ3n) is 3.51. The summed E-state index contributed by atoms with van der Waals surface area (Å²) in [7, 11) is 0. The largest absolute Gasteiger partial charge is 0.393 e. The van der Waals surface area contributed by atoms with E-state index < -0.39 is 0 Å². The molecule has 0 radical (unpaired) electrons. The van der Waals surface area contributed by atoms with Gasteiger partial charge in [-0.15, -0.1) is 11.3 Å². The summed E-state index contributed by atoms with van der Waals surface area (Å²) >= 11 is 1.59. The first-order valence-electron chi connectivity index (χ1n) is 6.49. The standard InChI is InChI=1S/C13H17N3O2S/c1-9-7-16(5-4-10(9)17)8-12-14-13(18-15-12)11-3-2-6-19-11/h2-3,6,9-10,17H,4-5,7-8H2,1H3. The van der Waals surface area contributed by atoms with Crippen molar-refractivity contribution in [1.82, 2.24) is 15.0 Å². The maximum Gasteiger partial charge on any atom is 0.268 e. The minimum atomic E-state index is -0.178. The number of piperidine rings is 1. The van der Waals surface area contributed by atoms with Crippen LogP contribution in [0.4, 0.5) is 0 Å². The zero-order valence-electron chi connectivity index (χ0n) is 10.8. The lowest BCUT2D eigenvalue weighted by molar-refractivity contribution is 0.0308. The number of thiophene rings is 1. The van der Waals surface area contributed by atoms with Crippen molar-refractivity contribution >= 4 is 11.3 Å². The van der Waals surface area contributed by atoms with Gasteiger partial charge in [0.05, 0.1) is 17.5 Å². The van der Waals surface area contributed by atoms with Gasteiger partial charge in [0.2, 0.25) is 0 Å². The molecule has 0 spiro atoms. The molecule has 1 saturated heterocycles. The van der Waals surface area contributed by atoms with Gasteiger partial charge in [-0.3, -0.25) is 4.90 Å². The first-order valence-corrected chi connectivity index (χ1v) is 7.37. The van der Waals surface area contributed by atoms with E-state index in [0.29, 0.717) is 24.2 Å². The Balaban J connectivity index is 1.64. The average Bonchev–Trinajstić information content (AvgIpc) is 3.04. The molecule has 2 unspecified atom stereocenters. The van der Waals surface area contributed by atoms with Crippen molar-refractivity contribution in [2.45, 2.75) is 26.0 Å². The van der Waals surface area contributed by atoms with Gasteiger partial charge in [0.15, 0.2) is 5.82 Å². The van der Waals surface area contributed by atoms with E-state index in [2.05, 4.69) is 22.0 Å². The Hall–Kier alpha value is -1.24. The Morgan fingerprint density at radius 1 is 1.58 bits per heavy atom. The van der Waals surface area contributed by atoms with E-state index in [4.69, 9.17) is 4.52 Å². The van der Waals surface area contributed by atoms with E-state index in [0.717, 1.165) is 24.4 Å². The summed E-state index contributed by atoms with van der Waals surface area (Å²) in [5.41, 5.74) is 0. The summed E-state index contributed by atoms with van der Waals surface area (Å²) in [5.74, 6) is 1.61. The number of aromatic nitrogens is 2. The molecular formula is C13H17N3O2S. The van der Waals surface area contributed by atoms with Gasteiger partial charge >= 0.3 is 0 Å². The Labute approximate surface area is 115 Å². The van der Waals surface area contributed by atoms with Gasteiger partial charge in [-0.1, -0.05) is 18.1 Å². The molecular weight excluding hydrogens is 262 g/mol. The van der Waals surface area contributed by atoms with Crippen molar-refractivity contribution in [3.63, 3.8) is 0 Å². The number of aliphatic hydroxyl groups excluding tert-OH is 1. The van der Waals surface area contributed by atoms with Gasteiger partial charge in [-0.05, 0) is 23.8 Å². The highest BCUT2D eigenvalue weighted by Gasteiger charge is 2.25. The number of hydrogen-bond donors (Lipinski definition) is 1. The second-order valence-corrected chi connectivity index (χ2v) is 6.01. The van der Waals surface area contributed by atoms with Crippen LogP contribution in [0.5, 0.6) is 0 Å². The Morgan fingerprint density at radius 2 is 2.47 bits per heavy atom. The second-order valence-electron chi connectivity index (χ2n) is 5.06. The molecule has 0 aromatic carbocycles.